The maximum atomic E-state index is 11.9. The van der Waals surface area contributed by atoms with Gasteiger partial charge in [-0.3, -0.25) is 4.79 Å². The quantitative estimate of drug-likeness (QED) is 0.852. The summed E-state index contributed by atoms with van der Waals surface area (Å²) in [6.07, 6.45) is 0. The molecule has 0 radical (unpaired) electrons. The lowest BCUT2D eigenvalue weighted by Crippen LogP contribution is -2.21. The Morgan fingerprint density at radius 1 is 1.25 bits per heavy atom. The molecule has 0 saturated heterocycles. The average Bonchev–Trinajstić information content (AvgIpc) is 2.38. The molecule has 0 saturated carbocycles. The summed E-state index contributed by atoms with van der Waals surface area (Å²) in [6, 6.07) is 13.1. The van der Waals surface area contributed by atoms with E-state index in [4.69, 9.17) is 11.6 Å². The fourth-order valence-corrected chi connectivity index (χ4v) is 2.57. The average molecular weight is 354 g/mol. The Bertz CT molecular complexity index is 611. The van der Waals surface area contributed by atoms with Crippen molar-refractivity contribution >= 4 is 44.8 Å². The van der Waals surface area contributed by atoms with E-state index >= 15 is 0 Å². The zero-order valence-corrected chi connectivity index (χ0v) is 13.3. The first-order valence-corrected chi connectivity index (χ1v) is 7.27. The van der Waals surface area contributed by atoms with Gasteiger partial charge in [0.15, 0.2) is 0 Å². The number of benzene rings is 2. The first-order valence-electron chi connectivity index (χ1n) is 6.10. The molecule has 2 aromatic carbocycles. The Hall–Kier alpha value is -1.52. The molecular formula is C15H14BrClN2O. The fraction of sp³-hybridized carbons (Fsp3) is 0.133. The third-order valence-electron chi connectivity index (χ3n) is 2.64. The molecule has 1 amide bonds. The number of aryl methyl sites for hydroxylation is 1. The molecule has 3 nitrogen and oxygen atoms in total. The van der Waals surface area contributed by atoms with E-state index in [9.17, 15) is 4.79 Å². The normalized spacial score (nSPS) is 10.2. The molecule has 20 heavy (non-hydrogen) atoms. The number of halogens is 2. The van der Waals surface area contributed by atoms with Crippen LogP contribution in [-0.4, -0.2) is 12.5 Å². The molecular weight excluding hydrogens is 340 g/mol. The molecule has 0 heterocycles. The van der Waals surface area contributed by atoms with Gasteiger partial charge in [-0.1, -0.05) is 39.7 Å². The summed E-state index contributed by atoms with van der Waals surface area (Å²) >= 11 is 9.41. The zero-order chi connectivity index (χ0) is 14.5. The monoisotopic (exact) mass is 352 g/mol. The van der Waals surface area contributed by atoms with Crippen molar-refractivity contribution in [1.29, 1.82) is 0 Å². The lowest BCUT2D eigenvalue weighted by atomic mass is 10.2. The van der Waals surface area contributed by atoms with Crippen molar-refractivity contribution in [2.24, 2.45) is 0 Å². The Morgan fingerprint density at radius 2 is 2.00 bits per heavy atom. The Balaban J connectivity index is 1.94. The van der Waals surface area contributed by atoms with Crippen LogP contribution in [0.5, 0.6) is 0 Å². The maximum Gasteiger partial charge on any atom is 0.243 e. The highest BCUT2D eigenvalue weighted by molar-refractivity contribution is 9.10. The van der Waals surface area contributed by atoms with Crippen molar-refractivity contribution in [2.45, 2.75) is 6.92 Å². The molecule has 2 rings (SSSR count). The van der Waals surface area contributed by atoms with E-state index in [1.165, 1.54) is 0 Å². The van der Waals surface area contributed by atoms with E-state index < -0.39 is 0 Å². The molecule has 0 atom stereocenters. The van der Waals surface area contributed by atoms with E-state index in [1.807, 2.05) is 37.3 Å². The van der Waals surface area contributed by atoms with Crippen LogP contribution in [0.1, 0.15) is 5.56 Å². The molecule has 0 unspecified atom stereocenters. The fourth-order valence-electron chi connectivity index (χ4n) is 1.78. The van der Waals surface area contributed by atoms with Crippen LogP contribution in [0.2, 0.25) is 5.02 Å². The second-order valence-electron chi connectivity index (χ2n) is 4.40. The molecule has 0 bridgehead atoms. The van der Waals surface area contributed by atoms with Crippen LogP contribution in [-0.2, 0) is 4.79 Å². The van der Waals surface area contributed by atoms with Gasteiger partial charge >= 0.3 is 0 Å². The third kappa shape index (κ3) is 4.25. The standard InChI is InChI=1S/C15H14BrClN2O/c1-10-6-11(16)8-12(7-10)18-9-15(20)19-14-5-3-2-4-13(14)17/h2-8,18H,9H2,1H3,(H,19,20). The molecule has 0 aliphatic rings. The number of carbonyl (C=O) groups is 1. The SMILES string of the molecule is Cc1cc(Br)cc(NCC(=O)Nc2ccccc2Cl)c1. The van der Waals surface area contributed by atoms with Gasteiger partial charge in [-0.25, -0.2) is 0 Å². The van der Waals surface area contributed by atoms with Crippen LogP contribution in [0.3, 0.4) is 0 Å². The Kier molecular flexibility index (Phi) is 5.04. The van der Waals surface area contributed by atoms with Crippen LogP contribution in [0.25, 0.3) is 0 Å². The van der Waals surface area contributed by atoms with Gasteiger partial charge in [-0.05, 0) is 42.8 Å². The molecule has 104 valence electrons. The highest BCUT2D eigenvalue weighted by Gasteiger charge is 2.05. The minimum atomic E-state index is -0.143. The Labute approximate surface area is 131 Å². The van der Waals surface area contributed by atoms with Gasteiger partial charge in [0.25, 0.3) is 0 Å². The van der Waals surface area contributed by atoms with Gasteiger partial charge in [0, 0.05) is 10.2 Å². The lowest BCUT2D eigenvalue weighted by Gasteiger charge is -2.10. The summed E-state index contributed by atoms with van der Waals surface area (Å²) < 4.78 is 0.978. The first-order chi connectivity index (χ1) is 9.54. The van der Waals surface area contributed by atoms with Crippen molar-refractivity contribution < 1.29 is 4.79 Å². The molecule has 2 aromatic rings. The van der Waals surface area contributed by atoms with Crippen LogP contribution in [0, 0.1) is 6.92 Å². The van der Waals surface area contributed by atoms with E-state index in [1.54, 1.807) is 12.1 Å². The van der Waals surface area contributed by atoms with Gasteiger partial charge in [0.2, 0.25) is 5.91 Å². The van der Waals surface area contributed by atoms with Crippen LogP contribution in [0.4, 0.5) is 11.4 Å². The minimum absolute atomic E-state index is 0.143. The number of rotatable bonds is 4. The van der Waals surface area contributed by atoms with Crippen LogP contribution < -0.4 is 10.6 Å². The molecule has 0 aliphatic heterocycles. The first kappa shape index (κ1) is 14.9. The van der Waals surface area contributed by atoms with E-state index in [2.05, 4.69) is 26.6 Å². The van der Waals surface area contributed by atoms with E-state index in [-0.39, 0.29) is 12.5 Å². The highest BCUT2D eigenvalue weighted by atomic mass is 79.9. The third-order valence-corrected chi connectivity index (χ3v) is 3.43. The van der Waals surface area contributed by atoms with Gasteiger partial charge in [0.05, 0.1) is 17.3 Å². The van der Waals surface area contributed by atoms with Gasteiger partial charge in [0.1, 0.15) is 0 Å². The van der Waals surface area contributed by atoms with Crippen molar-refractivity contribution in [3.05, 3.63) is 57.5 Å². The zero-order valence-electron chi connectivity index (χ0n) is 10.9. The smallest absolute Gasteiger partial charge is 0.243 e. The summed E-state index contributed by atoms with van der Waals surface area (Å²) in [6.45, 7) is 2.18. The largest absolute Gasteiger partial charge is 0.376 e. The van der Waals surface area contributed by atoms with E-state index in [0.717, 1.165) is 15.7 Å². The topological polar surface area (TPSA) is 41.1 Å². The maximum absolute atomic E-state index is 11.9. The minimum Gasteiger partial charge on any atom is -0.376 e. The second kappa shape index (κ2) is 6.77. The summed E-state index contributed by atoms with van der Waals surface area (Å²) in [4.78, 5) is 11.9. The predicted octanol–water partition coefficient (Wildman–Crippen LogP) is 4.46. The number of carbonyl (C=O) groups excluding carboxylic acids is 1. The van der Waals surface area contributed by atoms with Crippen LogP contribution >= 0.6 is 27.5 Å². The number of hydrogen-bond donors (Lipinski definition) is 2. The summed E-state index contributed by atoms with van der Waals surface area (Å²) in [7, 11) is 0. The predicted molar refractivity (Wildman–Crippen MR) is 87.5 cm³/mol. The molecule has 2 N–H and O–H groups in total. The van der Waals surface area contributed by atoms with E-state index in [0.29, 0.717) is 10.7 Å². The number of hydrogen-bond acceptors (Lipinski definition) is 2. The molecule has 0 spiro atoms. The number of nitrogens with one attached hydrogen (secondary N) is 2. The molecule has 5 heteroatoms. The molecule has 0 aliphatic carbocycles. The molecule has 0 aromatic heterocycles. The summed E-state index contributed by atoms with van der Waals surface area (Å²) in [5, 5.41) is 6.37. The van der Waals surface area contributed by atoms with Gasteiger partial charge in [-0.2, -0.15) is 0 Å². The van der Waals surface area contributed by atoms with Gasteiger partial charge in [-0.15, -0.1) is 0 Å². The van der Waals surface area contributed by atoms with Crippen molar-refractivity contribution in [3.63, 3.8) is 0 Å². The second-order valence-corrected chi connectivity index (χ2v) is 5.72. The summed E-state index contributed by atoms with van der Waals surface area (Å²) in [5.41, 5.74) is 2.63. The number of anilines is 2. The van der Waals surface area contributed by atoms with Crippen molar-refractivity contribution in [2.75, 3.05) is 17.2 Å². The Morgan fingerprint density at radius 3 is 2.70 bits per heavy atom. The van der Waals surface area contributed by atoms with Crippen molar-refractivity contribution in [3.8, 4) is 0 Å². The molecule has 0 fully saturated rings. The lowest BCUT2D eigenvalue weighted by molar-refractivity contribution is -0.114. The highest BCUT2D eigenvalue weighted by Crippen LogP contribution is 2.21. The number of amides is 1. The number of para-hydroxylation sites is 1. The van der Waals surface area contributed by atoms with Crippen molar-refractivity contribution in [1.82, 2.24) is 0 Å². The van der Waals surface area contributed by atoms with Gasteiger partial charge < -0.3 is 10.6 Å². The van der Waals surface area contributed by atoms with Crippen LogP contribution in [0.15, 0.2) is 46.9 Å². The summed E-state index contributed by atoms with van der Waals surface area (Å²) in [5.74, 6) is -0.143.